The van der Waals surface area contributed by atoms with E-state index < -0.39 is 35.4 Å². The Morgan fingerprint density at radius 2 is 2.20 bits per heavy atom. The van der Waals surface area contributed by atoms with Crippen molar-refractivity contribution in [2.75, 3.05) is 0 Å². The summed E-state index contributed by atoms with van der Waals surface area (Å²) >= 11 is 0. The van der Waals surface area contributed by atoms with E-state index in [1.165, 1.54) is 6.07 Å². The molecular weight excluding hydrogens is 271 g/mol. The molecular formula is C12H9FN2O5. The molecule has 1 spiro atoms. The number of carboxylic acid groups (broad SMARTS) is 1. The summed E-state index contributed by atoms with van der Waals surface area (Å²) in [4.78, 5) is 34.5. The number of nitrogens with one attached hydrogen (secondary N) is 2. The summed E-state index contributed by atoms with van der Waals surface area (Å²) in [6, 6.07) is 2.62. The molecule has 3 rings (SSSR count). The largest absolute Gasteiger partial charge is 0.479 e. The predicted molar refractivity (Wildman–Crippen MR) is 61.4 cm³/mol. The molecule has 1 fully saturated rings. The van der Waals surface area contributed by atoms with Crippen LogP contribution in [0.4, 0.5) is 9.18 Å². The second-order valence-corrected chi connectivity index (χ2v) is 4.60. The van der Waals surface area contributed by atoms with Gasteiger partial charge in [0.25, 0.3) is 5.91 Å². The Morgan fingerprint density at radius 3 is 2.80 bits per heavy atom. The normalized spacial score (nSPS) is 27.6. The minimum Gasteiger partial charge on any atom is -0.479 e. The monoisotopic (exact) mass is 280 g/mol. The lowest BCUT2D eigenvalue weighted by Gasteiger charge is -2.35. The molecule has 2 atom stereocenters. The van der Waals surface area contributed by atoms with Gasteiger partial charge in [-0.15, -0.1) is 0 Å². The Labute approximate surface area is 111 Å². The van der Waals surface area contributed by atoms with Gasteiger partial charge in [0.2, 0.25) is 0 Å². The number of halogens is 1. The van der Waals surface area contributed by atoms with E-state index in [0.29, 0.717) is 0 Å². The number of rotatable bonds is 1. The molecule has 3 amide bonds. The van der Waals surface area contributed by atoms with Crippen LogP contribution < -0.4 is 15.4 Å². The third-order valence-electron chi connectivity index (χ3n) is 3.38. The Morgan fingerprint density at radius 1 is 1.45 bits per heavy atom. The van der Waals surface area contributed by atoms with E-state index in [9.17, 15) is 18.8 Å². The van der Waals surface area contributed by atoms with Gasteiger partial charge < -0.3 is 15.2 Å². The second-order valence-electron chi connectivity index (χ2n) is 4.60. The van der Waals surface area contributed by atoms with Crippen LogP contribution in [-0.2, 0) is 15.1 Å². The summed E-state index contributed by atoms with van der Waals surface area (Å²) in [7, 11) is 0. The molecule has 104 valence electrons. The van der Waals surface area contributed by atoms with Gasteiger partial charge in [-0.1, -0.05) is 0 Å². The molecule has 1 saturated heterocycles. The third kappa shape index (κ3) is 1.61. The van der Waals surface area contributed by atoms with Crippen molar-refractivity contribution >= 4 is 17.9 Å². The number of carboxylic acids is 1. The average molecular weight is 280 g/mol. The molecule has 0 radical (unpaired) electrons. The maximum atomic E-state index is 13.4. The molecule has 1 unspecified atom stereocenters. The van der Waals surface area contributed by atoms with Crippen molar-refractivity contribution in [3.05, 3.63) is 29.6 Å². The van der Waals surface area contributed by atoms with Gasteiger partial charge in [0.1, 0.15) is 11.6 Å². The first kappa shape index (κ1) is 12.4. The number of aliphatic carboxylic acids is 1. The van der Waals surface area contributed by atoms with Gasteiger partial charge in [-0.05, 0) is 18.2 Å². The summed E-state index contributed by atoms with van der Waals surface area (Å²) < 4.78 is 18.6. The maximum Gasteiger partial charge on any atom is 0.345 e. The molecule has 2 heterocycles. The zero-order valence-corrected chi connectivity index (χ0v) is 9.97. The highest BCUT2D eigenvalue weighted by Crippen LogP contribution is 2.41. The second kappa shape index (κ2) is 3.92. The van der Waals surface area contributed by atoms with Crippen molar-refractivity contribution < 1.29 is 28.6 Å². The molecule has 2 aliphatic rings. The van der Waals surface area contributed by atoms with Crippen LogP contribution in [0.15, 0.2) is 18.2 Å². The molecule has 0 bridgehead atoms. The van der Waals surface area contributed by atoms with Crippen molar-refractivity contribution in [3.8, 4) is 5.75 Å². The maximum absolute atomic E-state index is 13.4. The van der Waals surface area contributed by atoms with Gasteiger partial charge in [-0.25, -0.2) is 14.0 Å². The quantitative estimate of drug-likeness (QED) is 0.633. The van der Waals surface area contributed by atoms with E-state index in [2.05, 4.69) is 5.32 Å². The van der Waals surface area contributed by atoms with Crippen molar-refractivity contribution in [2.24, 2.45) is 0 Å². The first-order chi connectivity index (χ1) is 9.42. The number of benzene rings is 1. The van der Waals surface area contributed by atoms with E-state index in [0.717, 1.165) is 12.1 Å². The van der Waals surface area contributed by atoms with Gasteiger partial charge >= 0.3 is 12.0 Å². The molecule has 7 nitrogen and oxygen atoms in total. The number of urea groups is 1. The predicted octanol–water partition coefficient (Wildman–Crippen LogP) is 0.0961. The molecule has 1 aromatic rings. The number of hydrogen-bond acceptors (Lipinski definition) is 4. The summed E-state index contributed by atoms with van der Waals surface area (Å²) in [5.41, 5.74) is -1.51. The van der Waals surface area contributed by atoms with Crippen LogP contribution >= 0.6 is 0 Å². The number of hydrogen-bond donors (Lipinski definition) is 3. The number of carbonyl (C=O) groups excluding carboxylic acids is 2. The topological polar surface area (TPSA) is 105 Å². The minimum atomic E-state index is -1.62. The summed E-state index contributed by atoms with van der Waals surface area (Å²) in [6.07, 6.45) is -1.62. The Balaban J connectivity index is 2.18. The molecule has 8 heteroatoms. The fourth-order valence-corrected chi connectivity index (χ4v) is 2.48. The molecule has 20 heavy (non-hydrogen) atoms. The SMILES string of the molecule is O=C1NC(=O)C2(C[C@@H](C(=O)O)Oc3ccc(F)cc32)N1. The summed E-state index contributed by atoms with van der Waals surface area (Å²) in [6.45, 7) is 0. The van der Waals surface area contributed by atoms with E-state index >= 15 is 0 Å². The van der Waals surface area contributed by atoms with E-state index in [1.807, 2.05) is 5.32 Å². The molecule has 0 aromatic heterocycles. The average Bonchev–Trinajstić information content (AvgIpc) is 2.65. The lowest BCUT2D eigenvalue weighted by Crippen LogP contribution is -2.52. The zero-order chi connectivity index (χ0) is 14.5. The van der Waals surface area contributed by atoms with Crippen LogP contribution in [0.25, 0.3) is 0 Å². The van der Waals surface area contributed by atoms with Gasteiger partial charge in [0, 0.05) is 12.0 Å². The van der Waals surface area contributed by atoms with E-state index in [-0.39, 0.29) is 17.7 Å². The lowest BCUT2D eigenvalue weighted by molar-refractivity contribution is -0.147. The zero-order valence-electron chi connectivity index (χ0n) is 9.97. The highest BCUT2D eigenvalue weighted by Gasteiger charge is 2.54. The molecule has 2 aliphatic heterocycles. The fourth-order valence-electron chi connectivity index (χ4n) is 2.48. The standard InChI is InChI=1S/C12H9FN2O5/c13-5-1-2-7-6(3-5)12(4-8(20-7)9(16)17)10(18)14-11(19)15-12/h1-3,8H,4H2,(H,16,17)(H2,14,15,18,19)/t8-,12?/m0/s1. The molecule has 0 aliphatic carbocycles. The highest BCUT2D eigenvalue weighted by molar-refractivity contribution is 6.08. The minimum absolute atomic E-state index is 0.0578. The Kier molecular flexibility index (Phi) is 2.43. The number of amides is 3. The van der Waals surface area contributed by atoms with Crippen LogP contribution in [0.1, 0.15) is 12.0 Å². The Hall–Kier alpha value is -2.64. The first-order valence-corrected chi connectivity index (χ1v) is 5.75. The van der Waals surface area contributed by atoms with Gasteiger partial charge in [-0.2, -0.15) is 0 Å². The first-order valence-electron chi connectivity index (χ1n) is 5.75. The van der Waals surface area contributed by atoms with Crippen molar-refractivity contribution in [1.82, 2.24) is 10.6 Å². The number of carbonyl (C=O) groups is 3. The van der Waals surface area contributed by atoms with E-state index in [1.54, 1.807) is 0 Å². The van der Waals surface area contributed by atoms with Crippen molar-refractivity contribution in [2.45, 2.75) is 18.1 Å². The fraction of sp³-hybridized carbons (Fsp3) is 0.250. The summed E-state index contributed by atoms with van der Waals surface area (Å²) in [5, 5.41) is 13.5. The Bertz CT molecular complexity index is 647. The molecule has 3 N–H and O–H groups in total. The van der Waals surface area contributed by atoms with Crippen LogP contribution in [0.3, 0.4) is 0 Å². The van der Waals surface area contributed by atoms with Crippen LogP contribution in [0.5, 0.6) is 5.75 Å². The number of ether oxygens (including phenoxy) is 1. The van der Waals surface area contributed by atoms with Crippen LogP contribution in [0, 0.1) is 5.82 Å². The highest BCUT2D eigenvalue weighted by atomic mass is 19.1. The van der Waals surface area contributed by atoms with Crippen LogP contribution in [-0.4, -0.2) is 29.1 Å². The molecule has 1 aromatic carbocycles. The third-order valence-corrected chi connectivity index (χ3v) is 3.38. The van der Waals surface area contributed by atoms with Gasteiger partial charge in [0.15, 0.2) is 11.6 Å². The van der Waals surface area contributed by atoms with E-state index in [4.69, 9.17) is 9.84 Å². The van der Waals surface area contributed by atoms with Crippen LogP contribution in [0.2, 0.25) is 0 Å². The molecule has 0 saturated carbocycles. The number of fused-ring (bicyclic) bond motifs is 2. The van der Waals surface area contributed by atoms with Gasteiger partial charge in [-0.3, -0.25) is 10.1 Å². The smallest absolute Gasteiger partial charge is 0.345 e. The van der Waals surface area contributed by atoms with Crippen molar-refractivity contribution in [3.63, 3.8) is 0 Å². The van der Waals surface area contributed by atoms with Gasteiger partial charge in [0.05, 0.1) is 0 Å². The lowest BCUT2D eigenvalue weighted by atomic mass is 9.82. The van der Waals surface area contributed by atoms with Crippen molar-refractivity contribution in [1.29, 1.82) is 0 Å². The summed E-state index contributed by atoms with van der Waals surface area (Å²) in [5.74, 6) is -2.55. The number of imide groups is 1.